The molecule has 2 atom stereocenters. The summed E-state index contributed by atoms with van der Waals surface area (Å²) in [5, 5.41) is 0. The van der Waals surface area contributed by atoms with Crippen molar-refractivity contribution in [2.45, 2.75) is 502 Å². The van der Waals surface area contributed by atoms with Gasteiger partial charge in [-0.05, 0) is 44.9 Å². The van der Waals surface area contributed by atoms with E-state index in [2.05, 4.69) is 38.2 Å². The van der Waals surface area contributed by atoms with Crippen LogP contribution in [-0.4, -0.2) is 70.0 Å². The molecule has 0 bridgehead atoms. The number of allylic oxidation sites excluding steroid dienone is 4. The molecule has 0 spiro atoms. The van der Waals surface area contributed by atoms with Gasteiger partial charge >= 0.3 is 11.9 Å². The lowest BCUT2D eigenvalue weighted by atomic mass is 10.0. The fourth-order valence-electron chi connectivity index (χ4n) is 14.3. The van der Waals surface area contributed by atoms with E-state index in [-0.39, 0.29) is 32.0 Å². The Labute approximate surface area is 631 Å². The molecule has 0 aliphatic carbocycles. The zero-order valence-electron chi connectivity index (χ0n) is 68.9. The molecule has 0 rings (SSSR count). The zero-order chi connectivity index (χ0) is 73.3. The van der Waals surface area contributed by atoms with Crippen LogP contribution in [0.2, 0.25) is 0 Å². The summed E-state index contributed by atoms with van der Waals surface area (Å²) < 4.78 is 34.5. The van der Waals surface area contributed by atoms with Gasteiger partial charge in [0, 0.05) is 12.8 Å². The Morgan fingerprint density at radius 1 is 0.307 bits per heavy atom. The van der Waals surface area contributed by atoms with Crippen LogP contribution in [-0.2, 0) is 32.7 Å². The molecule has 600 valence electrons. The molecule has 10 heteroatoms. The third-order valence-electron chi connectivity index (χ3n) is 21.2. The average Bonchev–Trinajstić information content (AvgIpc) is 1.02. The van der Waals surface area contributed by atoms with Crippen LogP contribution < -0.4 is 4.89 Å². The standard InChI is InChI=1S/C91H178NO8P/c1-6-8-10-12-14-16-18-20-22-24-26-28-30-32-34-36-38-40-42-44-45-46-47-48-50-52-54-56-58-60-62-64-66-68-70-72-74-76-78-80-82-84-91(94)100-89(88-99-101(95,96)98-86-85-92(3,4)5)87-97-90(93)83-81-79-77-75-73-71-69-67-65-63-61-59-57-55-53-51-49-43-41-39-37-35-33-31-29-27-25-23-21-19-17-15-13-11-9-7-2/h18,20,24,26,89H,6-17,19,21-23,25,27-88H2,1-5H3/b20-18-,26-24-. The van der Waals surface area contributed by atoms with Gasteiger partial charge in [-0.1, -0.05) is 462 Å². The van der Waals surface area contributed by atoms with Gasteiger partial charge in [-0.25, -0.2) is 0 Å². The Kier molecular flexibility index (Phi) is 81.3. The van der Waals surface area contributed by atoms with Crippen molar-refractivity contribution < 1.29 is 42.1 Å². The molecule has 0 fully saturated rings. The van der Waals surface area contributed by atoms with E-state index in [0.29, 0.717) is 17.4 Å². The van der Waals surface area contributed by atoms with E-state index in [0.717, 1.165) is 38.5 Å². The number of rotatable bonds is 87. The van der Waals surface area contributed by atoms with Crippen LogP contribution in [0.4, 0.5) is 0 Å². The first-order valence-electron chi connectivity index (χ1n) is 45.5. The van der Waals surface area contributed by atoms with Crippen molar-refractivity contribution in [1.82, 2.24) is 0 Å². The average molecular weight is 1450 g/mol. The monoisotopic (exact) mass is 1440 g/mol. The summed E-state index contributed by atoms with van der Waals surface area (Å²) in [4.78, 5) is 38.3. The summed E-state index contributed by atoms with van der Waals surface area (Å²) in [6, 6.07) is 0. The summed E-state index contributed by atoms with van der Waals surface area (Å²) in [6.07, 6.45) is 108. The molecule has 0 aromatic carbocycles. The summed E-state index contributed by atoms with van der Waals surface area (Å²) in [7, 11) is 1.20. The second-order valence-corrected chi connectivity index (χ2v) is 34.1. The number of phosphoric acid groups is 1. The van der Waals surface area contributed by atoms with Gasteiger partial charge in [-0.3, -0.25) is 14.2 Å². The van der Waals surface area contributed by atoms with Gasteiger partial charge in [0.1, 0.15) is 19.8 Å². The minimum absolute atomic E-state index is 0.0256. The second kappa shape index (κ2) is 82.5. The number of carbonyl (C=O) groups excluding carboxylic acids is 2. The Balaban J connectivity index is 3.82. The van der Waals surface area contributed by atoms with Gasteiger partial charge in [0.15, 0.2) is 6.10 Å². The molecule has 0 amide bonds. The van der Waals surface area contributed by atoms with Crippen molar-refractivity contribution in [1.29, 1.82) is 0 Å². The molecule has 0 aromatic rings. The molecule has 0 radical (unpaired) electrons. The first-order chi connectivity index (χ1) is 49.5. The van der Waals surface area contributed by atoms with E-state index in [4.69, 9.17) is 18.5 Å². The number of ether oxygens (including phenoxy) is 2. The third-order valence-corrected chi connectivity index (χ3v) is 22.2. The highest BCUT2D eigenvalue weighted by Crippen LogP contribution is 2.38. The number of carbonyl (C=O) groups is 2. The number of likely N-dealkylation sites (N-methyl/N-ethyl adjacent to an activating group) is 1. The van der Waals surface area contributed by atoms with Crippen molar-refractivity contribution in [3.05, 3.63) is 24.3 Å². The van der Waals surface area contributed by atoms with Crippen LogP contribution in [0.15, 0.2) is 24.3 Å². The molecule has 0 saturated carbocycles. The number of hydrogen-bond donors (Lipinski definition) is 0. The predicted molar refractivity (Wildman–Crippen MR) is 439 cm³/mol. The van der Waals surface area contributed by atoms with Crippen LogP contribution in [0, 0.1) is 0 Å². The lowest BCUT2D eigenvalue weighted by molar-refractivity contribution is -0.870. The molecule has 0 heterocycles. The molecule has 0 N–H and O–H groups in total. The predicted octanol–water partition coefficient (Wildman–Crippen LogP) is 30.1. The Morgan fingerprint density at radius 3 is 0.782 bits per heavy atom. The maximum atomic E-state index is 12.9. The summed E-state index contributed by atoms with van der Waals surface area (Å²) in [6.45, 7) is 4.33. The fourth-order valence-corrected chi connectivity index (χ4v) is 15.0. The van der Waals surface area contributed by atoms with E-state index >= 15 is 0 Å². The number of hydrogen-bond acceptors (Lipinski definition) is 8. The number of nitrogens with zero attached hydrogens (tertiary/aromatic N) is 1. The van der Waals surface area contributed by atoms with Gasteiger partial charge in [0.05, 0.1) is 27.7 Å². The molecular formula is C91H178NO8P. The van der Waals surface area contributed by atoms with Crippen molar-refractivity contribution in [3.63, 3.8) is 0 Å². The highest BCUT2D eigenvalue weighted by molar-refractivity contribution is 7.45. The molecule has 0 aromatic heterocycles. The fraction of sp³-hybridized carbons (Fsp3) is 0.934. The maximum absolute atomic E-state index is 12.9. The molecule has 0 aliphatic heterocycles. The van der Waals surface area contributed by atoms with E-state index in [1.807, 2.05) is 21.1 Å². The number of esters is 2. The van der Waals surface area contributed by atoms with E-state index in [1.54, 1.807) is 0 Å². The minimum atomic E-state index is -4.64. The first kappa shape index (κ1) is 99.5. The number of unbranched alkanes of at least 4 members (excludes halogenated alkanes) is 69. The normalized spacial score (nSPS) is 13.0. The molecule has 2 unspecified atom stereocenters. The van der Waals surface area contributed by atoms with Crippen molar-refractivity contribution >= 4 is 19.8 Å². The Bertz CT molecular complexity index is 1750. The lowest BCUT2D eigenvalue weighted by Gasteiger charge is -2.28. The molecule has 101 heavy (non-hydrogen) atoms. The van der Waals surface area contributed by atoms with Crippen molar-refractivity contribution in [2.75, 3.05) is 47.5 Å². The third kappa shape index (κ3) is 87.3. The van der Waals surface area contributed by atoms with Crippen LogP contribution in [0.1, 0.15) is 495 Å². The zero-order valence-corrected chi connectivity index (χ0v) is 69.8. The summed E-state index contributed by atoms with van der Waals surface area (Å²) >= 11 is 0. The van der Waals surface area contributed by atoms with Gasteiger partial charge in [-0.15, -0.1) is 0 Å². The first-order valence-corrected chi connectivity index (χ1v) is 47.0. The van der Waals surface area contributed by atoms with Crippen LogP contribution in [0.3, 0.4) is 0 Å². The summed E-state index contributed by atoms with van der Waals surface area (Å²) in [5.74, 6) is -0.800. The maximum Gasteiger partial charge on any atom is 0.306 e. The Hall–Kier alpha value is -1.51. The topological polar surface area (TPSA) is 111 Å². The SMILES string of the molecule is CCCCCCC/C=C\C/C=C\CCCCCCCCCCCCCCCCCCCCCCCCCCCCCCCC(=O)OC(COC(=O)CCCCCCCCCCCCCCCCCCCCCCCCCCCCCCCCCCCCCC)COP(=O)([O-])OCC[N+](C)(C)C. The van der Waals surface area contributed by atoms with E-state index in [1.165, 1.54) is 424 Å². The molecule has 0 aliphatic rings. The Morgan fingerprint density at radius 2 is 0.535 bits per heavy atom. The van der Waals surface area contributed by atoms with Gasteiger partial charge in [0.25, 0.3) is 7.82 Å². The molecule has 0 saturated heterocycles. The van der Waals surface area contributed by atoms with Crippen molar-refractivity contribution in [3.8, 4) is 0 Å². The van der Waals surface area contributed by atoms with Crippen LogP contribution in [0.25, 0.3) is 0 Å². The van der Waals surface area contributed by atoms with E-state index in [9.17, 15) is 19.0 Å². The van der Waals surface area contributed by atoms with Gasteiger partial charge < -0.3 is 27.9 Å². The van der Waals surface area contributed by atoms with Crippen molar-refractivity contribution in [2.24, 2.45) is 0 Å². The highest BCUT2D eigenvalue weighted by atomic mass is 31.2. The van der Waals surface area contributed by atoms with Crippen LogP contribution >= 0.6 is 7.82 Å². The van der Waals surface area contributed by atoms with E-state index < -0.39 is 26.5 Å². The number of quaternary nitrogens is 1. The van der Waals surface area contributed by atoms with Gasteiger partial charge in [0.2, 0.25) is 0 Å². The molecular weight excluding hydrogens is 1270 g/mol. The lowest BCUT2D eigenvalue weighted by Crippen LogP contribution is -2.37. The largest absolute Gasteiger partial charge is 0.756 e. The highest BCUT2D eigenvalue weighted by Gasteiger charge is 2.22. The minimum Gasteiger partial charge on any atom is -0.756 e. The quantitative estimate of drug-likeness (QED) is 0.0195. The van der Waals surface area contributed by atoms with Gasteiger partial charge in [-0.2, -0.15) is 0 Å². The smallest absolute Gasteiger partial charge is 0.306 e. The second-order valence-electron chi connectivity index (χ2n) is 32.7. The number of phosphoric ester groups is 1. The van der Waals surface area contributed by atoms with Crippen LogP contribution in [0.5, 0.6) is 0 Å². The summed E-state index contributed by atoms with van der Waals surface area (Å²) in [5.41, 5.74) is 0. The molecule has 9 nitrogen and oxygen atoms in total.